The lowest BCUT2D eigenvalue weighted by Gasteiger charge is -2.24. The van der Waals surface area contributed by atoms with Gasteiger partial charge in [-0.1, -0.05) is 13.8 Å². The van der Waals surface area contributed by atoms with Crippen LogP contribution < -0.4 is 5.32 Å². The van der Waals surface area contributed by atoms with Gasteiger partial charge in [0, 0.05) is 31.5 Å². The Bertz CT molecular complexity index is 187. The van der Waals surface area contributed by atoms with E-state index in [0.29, 0.717) is 0 Å². The molecule has 0 aromatic heterocycles. The van der Waals surface area contributed by atoms with Crippen LogP contribution in [0, 0.1) is 5.41 Å². The Hall–Kier alpha value is -0.570. The molecule has 2 N–H and O–H groups in total. The van der Waals surface area contributed by atoms with Crippen molar-refractivity contribution < 1.29 is 5.11 Å². The molecule has 0 radical (unpaired) electrons. The maximum Gasteiger partial charge on any atom is 0.0963 e. The van der Waals surface area contributed by atoms with Crippen LogP contribution in [-0.2, 0) is 0 Å². The van der Waals surface area contributed by atoms with E-state index in [1.165, 1.54) is 12.8 Å². The number of hydrogen-bond donors (Lipinski definition) is 2. The van der Waals surface area contributed by atoms with Gasteiger partial charge in [0.2, 0.25) is 0 Å². The topological polar surface area (TPSA) is 44.6 Å². The Kier molecular flexibility index (Phi) is 3.72. The van der Waals surface area contributed by atoms with E-state index >= 15 is 0 Å². The van der Waals surface area contributed by atoms with Crippen molar-refractivity contribution in [1.29, 1.82) is 0 Å². The van der Waals surface area contributed by atoms with Crippen molar-refractivity contribution in [3.05, 3.63) is 0 Å². The van der Waals surface area contributed by atoms with Gasteiger partial charge < -0.3 is 10.4 Å². The number of aliphatic imine (C=N–C) groups is 1. The highest BCUT2D eigenvalue weighted by molar-refractivity contribution is 5.82. The van der Waals surface area contributed by atoms with Crippen LogP contribution in [0.5, 0.6) is 0 Å². The molecular weight excluding hydrogens is 164 g/mol. The first-order chi connectivity index (χ1) is 6.14. The van der Waals surface area contributed by atoms with Gasteiger partial charge in [0.15, 0.2) is 0 Å². The van der Waals surface area contributed by atoms with E-state index in [9.17, 15) is 0 Å². The van der Waals surface area contributed by atoms with E-state index in [4.69, 9.17) is 5.11 Å². The Morgan fingerprint density at radius 2 is 2.23 bits per heavy atom. The lowest BCUT2D eigenvalue weighted by Crippen LogP contribution is -2.36. The Morgan fingerprint density at radius 1 is 1.46 bits per heavy atom. The van der Waals surface area contributed by atoms with Crippen LogP contribution in [0.3, 0.4) is 0 Å². The van der Waals surface area contributed by atoms with Gasteiger partial charge in [-0.25, -0.2) is 0 Å². The first-order valence-electron chi connectivity index (χ1n) is 5.02. The van der Waals surface area contributed by atoms with E-state index in [1.54, 1.807) is 0 Å². The lowest BCUT2D eigenvalue weighted by molar-refractivity contribution is 0.162. The molecule has 3 heteroatoms. The molecule has 0 saturated heterocycles. The highest BCUT2D eigenvalue weighted by atomic mass is 16.3. The molecule has 1 heterocycles. The second-order valence-corrected chi connectivity index (χ2v) is 4.46. The first-order valence-corrected chi connectivity index (χ1v) is 5.02. The van der Waals surface area contributed by atoms with Gasteiger partial charge in [0.25, 0.3) is 0 Å². The minimum absolute atomic E-state index is 0.0417. The second kappa shape index (κ2) is 4.61. The predicted molar refractivity (Wildman–Crippen MR) is 55.0 cm³/mol. The SMILES string of the molecule is CC(C)(CO)CNC1=NCCCC1. The van der Waals surface area contributed by atoms with Crippen LogP contribution in [0.2, 0.25) is 0 Å². The predicted octanol–water partition coefficient (Wildman–Crippen LogP) is 1.18. The summed E-state index contributed by atoms with van der Waals surface area (Å²) in [5.74, 6) is 1.12. The van der Waals surface area contributed by atoms with Crippen molar-refractivity contribution in [2.45, 2.75) is 33.1 Å². The first kappa shape index (κ1) is 10.5. The minimum atomic E-state index is -0.0417. The third kappa shape index (κ3) is 3.77. The molecule has 1 aliphatic heterocycles. The number of aliphatic hydroxyl groups is 1. The van der Waals surface area contributed by atoms with E-state index < -0.39 is 0 Å². The summed E-state index contributed by atoms with van der Waals surface area (Å²) < 4.78 is 0. The highest BCUT2D eigenvalue weighted by Gasteiger charge is 2.17. The number of amidine groups is 1. The molecule has 3 nitrogen and oxygen atoms in total. The van der Waals surface area contributed by atoms with E-state index in [-0.39, 0.29) is 12.0 Å². The zero-order chi connectivity index (χ0) is 9.73. The standard InChI is InChI=1S/C10H20N2O/c1-10(2,8-13)7-12-9-5-3-4-6-11-9/h13H,3-8H2,1-2H3,(H,11,12). The molecule has 0 amide bonds. The third-order valence-corrected chi connectivity index (χ3v) is 2.32. The number of aliphatic hydroxyl groups excluding tert-OH is 1. The average Bonchev–Trinajstić information content (AvgIpc) is 2.17. The van der Waals surface area contributed by atoms with Crippen LogP contribution in [0.4, 0.5) is 0 Å². The van der Waals surface area contributed by atoms with Crippen molar-refractivity contribution >= 4 is 5.84 Å². The van der Waals surface area contributed by atoms with Crippen LogP contribution in [0.1, 0.15) is 33.1 Å². The summed E-state index contributed by atoms with van der Waals surface area (Å²) >= 11 is 0. The molecule has 13 heavy (non-hydrogen) atoms. The fraction of sp³-hybridized carbons (Fsp3) is 0.900. The van der Waals surface area contributed by atoms with Gasteiger partial charge in [-0.2, -0.15) is 0 Å². The summed E-state index contributed by atoms with van der Waals surface area (Å²) in [4.78, 5) is 4.39. The van der Waals surface area contributed by atoms with E-state index in [1.807, 2.05) is 13.8 Å². The number of nitrogens with zero attached hydrogens (tertiary/aromatic N) is 1. The van der Waals surface area contributed by atoms with Gasteiger partial charge >= 0.3 is 0 Å². The van der Waals surface area contributed by atoms with Crippen LogP contribution in [0.25, 0.3) is 0 Å². The molecule has 0 aromatic rings. The Morgan fingerprint density at radius 3 is 2.77 bits per heavy atom. The summed E-state index contributed by atoms with van der Waals surface area (Å²) in [5.41, 5.74) is -0.0417. The van der Waals surface area contributed by atoms with Gasteiger partial charge in [-0.3, -0.25) is 4.99 Å². The van der Waals surface area contributed by atoms with E-state index in [2.05, 4.69) is 10.3 Å². The maximum absolute atomic E-state index is 9.04. The van der Waals surface area contributed by atoms with Crippen molar-refractivity contribution in [2.24, 2.45) is 10.4 Å². The lowest BCUT2D eigenvalue weighted by atomic mass is 9.95. The molecule has 0 aromatic carbocycles. The average molecular weight is 184 g/mol. The summed E-state index contributed by atoms with van der Waals surface area (Å²) in [6.07, 6.45) is 3.53. The van der Waals surface area contributed by atoms with Crippen molar-refractivity contribution in [3.8, 4) is 0 Å². The van der Waals surface area contributed by atoms with Gasteiger partial charge in [-0.15, -0.1) is 0 Å². The summed E-state index contributed by atoms with van der Waals surface area (Å²) in [6, 6.07) is 0. The Labute approximate surface area is 80.3 Å². The fourth-order valence-electron chi connectivity index (χ4n) is 1.24. The van der Waals surface area contributed by atoms with E-state index in [0.717, 1.165) is 25.3 Å². The molecule has 0 fully saturated rings. The minimum Gasteiger partial charge on any atom is -0.396 e. The van der Waals surface area contributed by atoms with Crippen LogP contribution >= 0.6 is 0 Å². The second-order valence-electron chi connectivity index (χ2n) is 4.46. The van der Waals surface area contributed by atoms with Crippen molar-refractivity contribution in [1.82, 2.24) is 5.32 Å². The molecule has 0 aliphatic carbocycles. The zero-order valence-corrected chi connectivity index (χ0v) is 8.64. The number of rotatable bonds is 3. The summed E-state index contributed by atoms with van der Waals surface area (Å²) in [5, 5.41) is 12.3. The van der Waals surface area contributed by atoms with Gasteiger partial charge in [0.05, 0.1) is 5.84 Å². The molecule has 1 aliphatic rings. The van der Waals surface area contributed by atoms with Crippen LogP contribution in [-0.4, -0.2) is 30.6 Å². The molecular formula is C10H20N2O. The largest absolute Gasteiger partial charge is 0.396 e. The Balaban J connectivity index is 2.29. The molecule has 1 rings (SSSR count). The smallest absolute Gasteiger partial charge is 0.0963 e. The maximum atomic E-state index is 9.04. The van der Waals surface area contributed by atoms with Gasteiger partial charge in [-0.05, 0) is 12.8 Å². The number of nitrogens with one attached hydrogen (secondary N) is 1. The van der Waals surface area contributed by atoms with Gasteiger partial charge in [0.1, 0.15) is 0 Å². The summed E-state index contributed by atoms with van der Waals surface area (Å²) in [6.45, 7) is 6.07. The van der Waals surface area contributed by atoms with Crippen LogP contribution in [0.15, 0.2) is 4.99 Å². The zero-order valence-electron chi connectivity index (χ0n) is 8.64. The quantitative estimate of drug-likeness (QED) is 0.691. The molecule has 0 atom stereocenters. The highest BCUT2D eigenvalue weighted by Crippen LogP contribution is 2.12. The third-order valence-electron chi connectivity index (χ3n) is 2.32. The van der Waals surface area contributed by atoms with Crippen molar-refractivity contribution in [3.63, 3.8) is 0 Å². The molecule has 0 spiro atoms. The summed E-state index contributed by atoms with van der Waals surface area (Å²) in [7, 11) is 0. The fourth-order valence-corrected chi connectivity index (χ4v) is 1.24. The molecule has 0 saturated carbocycles. The molecule has 76 valence electrons. The molecule has 0 unspecified atom stereocenters. The van der Waals surface area contributed by atoms with Crippen molar-refractivity contribution in [2.75, 3.05) is 19.7 Å². The number of hydrogen-bond acceptors (Lipinski definition) is 3. The monoisotopic (exact) mass is 184 g/mol. The normalized spacial score (nSPS) is 18.2. The molecule has 0 bridgehead atoms.